The third kappa shape index (κ3) is 2.77. The number of aryl methyl sites for hydroxylation is 2. The van der Waals surface area contributed by atoms with Crippen molar-refractivity contribution < 1.29 is 4.79 Å². The van der Waals surface area contributed by atoms with Gasteiger partial charge >= 0.3 is 0 Å². The van der Waals surface area contributed by atoms with Gasteiger partial charge in [-0.1, -0.05) is 0 Å². The first kappa shape index (κ1) is 16.4. The van der Waals surface area contributed by atoms with Crippen molar-refractivity contribution in [1.29, 1.82) is 0 Å². The highest BCUT2D eigenvalue weighted by molar-refractivity contribution is 5.92. The van der Waals surface area contributed by atoms with E-state index in [4.69, 9.17) is 9.97 Å². The maximum absolute atomic E-state index is 11.8. The lowest BCUT2D eigenvalue weighted by Gasteiger charge is -2.28. The van der Waals surface area contributed by atoms with E-state index in [1.807, 2.05) is 26.1 Å². The summed E-state index contributed by atoms with van der Waals surface area (Å²) in [6, 6.07) is 3.92. The van der Waals surface area contributed by atoms with Crippen LogP contribution in [-0.2, 0) is 11.8 Å². The Bertz CT molecular complexity index is 967. The van der Waals surface area contributed by atoms with E-state index in [0.717, 1.165) is 28.1 Å². The van der Waals surface area contributed by atoms with E-state index < -0.39 is 0 Å². The Morgan fingerprint density at radius 1 is 1.23 bits per heavy atom. The van der Waals surface area contributed by atoms with Gasteiger partial charge in [-0.2, -0.15) is 5.10 Å². The Balaban J connectivity index is 1.93. The second-order valence-electron chi connectivity index (χ2n) is 6.61. The Hall–Kier alpha value is -3.03. The summed E-state index contributed by atoms with van der Waals surface area (Å²) in [5.41, 5.74) is 2.57. The lowest BCUT2D eigenvalue weighted by atomic mass is 10.2. The van der Waals surface area contributed by atoms with Gasteiger partial charge in [-0.05, 0) is 26.0 Å². The van der Waals surface area contributed by atoms with Gasteiger partial charge in [0, 0.05) is 50.6 Å². The molecule has 1 amide bonds. The molecule has 1 atom stereocenters. The van der Waals surface area contributed by atoms with Crippen molar-refractivity contribution in [3.05, 3.63) is 30.2 Å². The molecular weight excluding hydrogens is 330 g/mol. The molecule has 0 radical (unpaired) electrons. The molecule has 3 aromatic rings. The number of pyridine rings is 1. The van der Waals surface area contributed by atoms with Crippen LogP contribution in [0.4, 0.5) is 5.82 Å². The standard InChI is InChI=1S/C18H21N7O/c1-11-10-20-14(26)6-9-25(11)18-15-12(2)23-24(3)17(15)21-16(22-18)13-4-7-19-8-5-13/h4-5,7-8,11H,6,9-10H2,1-3H3,(H,20,26)/t11-/m1/s1. The summed E-state index contributed by atoms with van der Waals surface area (Å²) < 4.78 is 1.78. The monoisotopic (exact) mass is 351 g/mol. The van der Waals surface area contributed by atoms with Crippen molar-refractivity contribution in [2.24, 2.45) is 7.05 Å². The average Bonchev–Trinajstić information content (AvgIpc) is 2.83. The number of nitrogens with one attached hydrogen (secondary N) is 1. The zero-order valence-electron chi connectivity index (χ0n) is 15.1. The molecule has 8 nitrogen and oxygen atoms in total. The summed E-state index contributed by atoms with van der Waals surface area (Å²) in [4.78, 5) is 27.7. The van der Waals surface area contributed by atoms with Gasteiger partial charge in [-0.3, -0.25) is 14.5 Å². The average molecular weight is 351 g/mol. The summed E-state index contributed by atoms with van der Waals surface area (Å²) in [5.74, 6) is 1.53. The minimum atomic E-state index is 0.0712. The molecule has 1 saturated heterocycles. The lowest BCUT2D eigenvalue weighted by molar-refractivity contribution is -0.120. The number of anilines is 1. The molecule has 0 aromatic carbocycles. The summed E-state index contributed by atoms with van der Waals surface area (Å²) in [7, 11) is 1.89. The Labute approximate surface area is 151 Å². The third-order valence-corrected chi connectivity index (χ3v) is 4.76. The first-order valence-electron chi connectivity index (χ1n) is 8.69. The van der Waals surface area contributed by atoms with Crippen LogP contribution in [-0.4, -0.2) is 49.8 Å². The molecule has 3 aromatic heterocycles. The highest BCUT2D eigenvalue weighted by atomic mass is 16.1. The summed E-state index contributed by atoms with van der Waals surface area (Å²) in [6.07, 6.45) is 3.90. The number of hydrogen-bond acceptors (Lipinski definition) is 6. The molecule has 1 N–H and O–H groups in total. The molecule has 26 heavy (non-hydrogen) atoms. The summed E-state index contributed by atoms with van der Waals surface area (Å²) >= 11 is 0. The van der Waals surface area contributed by atoms with Crippen LogP contribution in [0, 0.1) is 6.92 Å². The first-order chi connectivity index (χ1) is 12.5. The van der Waals surface area contributed by atoms with Gasteiger partial charge in [-0.15, -0.1) is 0 Å². The zero-order valence-corrected chi connectivity index (χ0v) is 15.1. The lowest BCUT2D eigenvalue weighted by Crippen LogP contribution is -2.38. The van der Waals surface area contributed by atoms with Crippen LogP contribution in [0.15, 0.2) is 24.5 Å². The number of hydrogen-bond donors (Lipinski definition) is 1. The first-order valence-corrected chi connectivity index (χ1v) is 8.69. The number of nitrogens with zero attached hydrogens (tertiary/aromatic N) is 6. The maximum Gasteiger partial charge on any atom is 0.221 e. The number of rotatable bonds is 2. The fraction of sp³-hybridized carbons (Fsp3) is 0.389. The van der Waals surface area contributed by atoms with Crippen LogP contribution in [0.2, 0.25) is 0 Å². The molecule has 1 fully saturated rings. The minimum absolute atomic E-state index is 0.0712. The number of aromatic nitrogens is 5. The molecule has 0 unspecified atom stereocenters. The van der Waals surface area contributed by atoms with Crippen LogP contribution in [0.1, 0.15) is 19.0 Å². The maximum atomic E-state index is 11.8. The predicted octanol–water partition coefficient (Wildman–Crippen LogP) is 1.45. The normalized spacial score (nSPS) is 18.0. The van der Waals surface area contributed by atoms with Gasteiger partial charge in [0.25, 0.3) is 0 Å². The molecule has 1 aliphatic heterocycles. The molecule has 0 bridgehead atoms. The van der Waals surface area contributed by atoms with E-state index in [0.29, 0.717) is 25.3 Å². The second-order valence-corrected chi connectivity index (χ2v) is 6.61. The van der Waals surface area contributed by atoms with Gasteiger partial charge in [0.1, 0.15) is 5.82 Å². The number of fused-ring (bicyclic) bond motifs is 1. The van der Waals surface area contributed by atoms with Gasteiger partial charge in [0.2, 0.25) is 5.91 Å². The van der Waals surface area contributed by atoms with Crippen molar-refractivity contribution in [2.75, 3.05) is 18.0 Å². The van der Waals surface area contributed by atoms with Gasteiger partial charge in [0.05, 0.1) is 11.1 Å². The fourth-order valence-corrected chi connectivity index (χ4v) is 3.37. The van der Waals surface area contributed by atoms with Crippen molar-refractivity contribution >= 4 is 22.8 Å². The number of carbonyl (C=O) groups is 1. The molecule has 1 aliphatic rings. The fourth-order valence-electron chi connectivity index (χ4n) is 3.37. The Morgan fingerprint density at radius 2 is 2.00 bits per heavy atom. The zero-order chi connectivity index (χ0) is 18.3. The van der Waals surface area contributed by atoms with Crippen LogP contribution < -0.4 is 10.2 Å². The van der Waals surface area contributed by atoms with Crippen molar-refractivity contribution in [3.63, 3.8) is 0 Å². The summed E-state index contributed by atoms with van der Waals surface area (Å²) in [6.45, 7) is 5.27. The molecular formula is C18H21N7O. The topological polar surface area (TPSA) is 88.8 Å². The van der Waals surface area contributed by atoms with Crippen molar-refractivity contribution in [1.82, 2.24) is 30.0 Å². The van der Waals surface area contributed by atoms with Gasteiger partial charge in [0.15, 0.2) is 11.5 Å². The number of amides is 1. The van der Waals surface area contributed by atoms with E-state index in [2.05, 4.69) is 27.2 Å². The van der Waals surface area contributed by atoms with E-state index in [1.54, 1.807) is 17.1 Å². The molecule has 4 rings (SSSR count). The summed E-state index contributed by atoms with van der Waals surface area (Å²) in [5, 5.41) is 8.43. The smallest absolute Gasteiger partial charge is 0.221 e. The minimum Gasteiger partial charge on any atom is -0.354 e. The van der Waals surface area contributed by atoms with Crippen LogP contribution >= 0.6 is 0 Å². The van der Waals surface area contributed by atoms with Crippen molar-refractivity contribution in [3.8, 4) is 11.4 Å². The SMILES string of the molecule is Cc1nn(C)c2nc(-c3ccncc3)nc(N3CCC(=O)NC[C@H]3C)c12. The third-order valence-electron chi connectivity index (χ3n) is 4.76. The van der Waals surface area contributed by atoms with E-state index in [9.17, 15) is 4.79 Å². The highest BCUT2D eigenvalue weighted by Gasteiger charge is 2.26. The van der Waals surface area contributed by atoms with Gasteiger partial charge in [-0.25, -0.2) is 9.97 Å². The molecule has 0 aliphatic carbocycles. The molecule has 0 saturated carbocycles. The second kappa shape index (κ2) is 6.36. The van der Waals surface area contributed by atoms with Crippen LogP contribution in [0.5, 0.6) is 0 Å². The van der Waals surface area contributed by atoms with E-state index in [-0.39, 0.29) is 11.9 Å². The van der Waals surface area contributed by atoms with Crippen LogP contribution in [0.25, 0.3) is 22.4 Å². The Kier molecular flexibility index (Phi) is 4.02. The van der Waals surface area contributed by atoms with Crippen molar-refractivity contribution in [2.45, 2.75) is 26.3 Å². The Morgan fingerprint density at radius 3 is 2.77 bits per heavy atom. The molecule has 4 heterocycles. The van der Waals surface area contributed by atoms with E-state index in [1.165, 1.54) is 0 Å². The van der Waals surface area contributed by atoms with Crippen LogP contribution in [0.3, 0.4) is 0 Å². The molecule has 0 spiro atoms. The van der Waals surface area contributed by atoms with Gasteiger partial charge < -0.3 is 10.2 Å². The van der Waals surface area contributed by atoms with E-state index >= 15 is 0 Å². The quantitative estimate of drug-likeness (QED) is 0.752. The molecule has 8 heteroatoms. The predicted molar refractivity (Wildman–Crippen MR) is 98.7 cm³/mol. The number of carbonyl (C=O) groups excluding carboxylic acids is 1. The largest absolute Gasteiger partial charge is 0.354 e. The molecule has 134 valence electrons. The highest BCUT2D eigenvalue weighted by Crippen LogP contribution is 2.31.